The Morgan fingerprint density at radius 3 is 2.49 bits per heavy atom. The Morgan fingerprint density at radius 1 is 0.923 bits per heavy atom. The molecule has 2 heterocycles. The van der Waals surface area contributed by atoms with Crippen molar-refractivity contribution in [3.8, 4) is 5.75 Å². The van der Waals surface area contributed by atoms with Crippen molar-refractivity contribution in [2.45, 2.75) is 6.61 Å². The Balaban J connectivity index is 1.17. The molecule has 2 aliphatic heterocycles. The normalized spacial score (nSPS) is 17.9. The van der Waals surface area contributed by atoms with E-state index in [1.807, 2.05) is 54.6 Å². The van der Waals surface area contributed by atoms with Gasteiger partial charge in [-0.25, -0.2) is 4.99 Å². The second-order valence-electron chi connectivity index (χ2n) is 9.49. The third-order valence-electron chi connectivity index (χ3n) is 6.87. The molecule has 0 aromatic heterocycles. The van der Waals surface area contributed by atoms with Crippen molar-refractivity contribution < 1.29 is 14.3 Å². The number of amides is 1. The molecule has 0 radical (unpaired) electrons. The number of ether oxygens (including phenoxy) is 2. The summed E-state index contributed by atoms with van der Waals surface area (Å²) >= 11 is 1.38. The molecule has 0 saturated carbocycles. The maximum absolute atomic E-state index is 13.1. The molecule has 4 aromatic carbocycles. The summed E-state index contributed by atoms with van der Waals surface area (Å²) in [6.45, 7) is 3.73. The summed E-state index contributed by atoms with van der Waals surface area (Å²) in [4.78, 5) is 22.4. The molecule has 2 fully saturated rings. The van der Waals surface area contributed by atoms with Crippen LogP contribution in [-0.2, 0) is 16.1 Å². The fourth-order valence-electron chi connectivity index (χ4n) is 4.68. The van der Waals surface area contributed by atoms with Crippen molar-refractivity contribution in [3.63, 3.8) is 0 Å². The highest BCUT2D eigenvalue weighted by atomic mass is 32.2. The first-order valence-electron chi connectivity index (χ1n) is 13.0. The van der Waals surface area contributed by atoms with Crippen molar-refractivity contribution in [1.29, 1.82) is 0 Å². The molecule has 6 rings (SSSR count). The van der Waals surface area contributed by atoms with E-state index in [0.29, 0.717) is 16.7 Å². The lowest BCUT2D eigenvalue weighted by Gasteiger charge is -2.28. The number of para-hydroxylation sites is 1. The van der Waals surface area contributed by atoms with Gasteiger partial charge in [0.1, 0.15) is 12.4 Å². The molecular weight excluding hydrogens is 506 g/mol. The number of hydrogen-bond acceptors (Lipinski definition) is 6. The van der Waals surface area contributed by atoms with E-state index >= 15 is 0 Å². The standard InChI is InChI=1S/C32H29N3O3S/c1-34-31(36)30(39-32(34)33-27-12-14-28(15-13-27)35-16-18-37-19-17-35)21-26-8-4-5-9-29(26)38-22-23-10-11-24-6-2-3-7-25(24)20-23/h2-15,20-21H,16-19,22H2,1H3/b30-21-,33-32?. The molecule has 2 aliphatic rings. The van der Waals surface area contributed by atoms with Gasteiger partial charge in [-0.15, -0.1) is 0 Å². The molecule has 0 N–H and O–H groups in total. The van der Waals surface area contributed by atoms with Crippen LogP contribution in [0.1, 0.15) is 11.1 Å². The van der Waals surface area contributed by atoms with Gasteiger partial charge in [-0.3, -0.25) is 9.69 Å². The first-order chi connectivity index (χ1) is 19.1. The number of rotatable bonds is 6. The molecule has 0 unspecified atom stereocenters. The maximum Gasteiger partial charge on any atom is 0.266 e. The van der Waals surface area contributed by atoms with Crippen molar-refractivity contribution in [2.24, 2.45) is 4.99 Å². The molecule has 6 nitrogen and oxygen atoms in total. The van der Waals surface area contributed by atoms with Crippen LogP contribution in [0.2, 0.25) is 0 Å². The van der Waals surface area contributed by atoms with Crippen molar-refractivity contribution in [2.75, 3.05) is 38.3 Å². The fraction of sp³-hybridized carbons (Fsp3) is 0.188. The minimum Gasteiger partial charge on any atom is -0.488 e. The van der Waals surface area contributed by atoms with Crippen LogP contribution >= 0.6 is 11.8 Å². The van der Waals surface area contributed by atoms with E-state index in [1.54, 1.807) is 11.9 Å². The average Bonchev–Trinajstić information content (AvgIpc) is 3.25. The molecule has 0 atom stereocenters. The first kappa shape index (κ1) is 25.2. The number of anilines is 1. The minimum absolute atomic E-state index is 0.0759. The SMILES string of the molecule is CN1C(=O)/C(=C/c2ccccc2OCc2ccc3ccccc3c2)SC1=Nc1ccc(N2CCOCC2)cc1. The molecule has 196 valence electrons. The number of fused-ring (bicyclic) bond motifs is 1. The Kier molecular flexibility index (Phi) is 7.34. The Labute approximate surface area is 232 Å². The van der Waals surface area contributed by atoms with Crippen LogP contribution < -0.4 is 9.64 Å². The van der Waals surface area contributed by atoms with Crippen molar-refractivity contribution >= 4 is 51.1 Å². The zero-order chi connectivity index (χ0) is 26.6. The quantitative estimate of drug-likeness (QED) is 0.264. The molecule has 1 amide bonds. The van der Waals surface area contributed by atoms with Gasteiger partial charge < -0.3 is 14.4 Å². The van der Waals surface area contributed by atoms with Gasteiger partial charge in [-0.1, -0.05) is 54.6 Å². The van der Waals surface area contributed by atoms with Gasteiger partial charge in [0.15, 0.2) is 5.17 Å². The van der Waals surface area contributed by atoms with Crippen LogP contribution in [0.4, 0.5) is 11.4 Å². The van der Waals surface area contributed by atoms with E-state index in [1.165, 1.54) is 22.5 Å². The van der Waals surface area contributed by atoms with Gasteiger partial charge in [-0.05, 0) is 70.6 Å². The number of benzene rings is 4. The number of likely N-dealkylation sites (N-methyl/N-ethyl adjacent to an activating group) is 1. The second-order valence-corrected chi connectivity index (χ2v) is 10.5. The summed E-state index contributed by atoms with van der Waals surface area (Å²) in [5, 5.41) is 3.05. The van der Waals surface area contributed by atoms with E-state index in [-0.39, 0.29) is 5.91 Å². The monoisotopic (exact) mass is 535 g/mol. The van der Waals surface area contributed by atoms with Crippen LogP contribution in [0.5, 0.6) is 5.75 Å². The lowest BCUT2D eigenvalue weighted by molar-refractivity contribution is -0.121. The summed E-state index contributed by atoms with van der Waals surface area (Å²) in [7, 11) is 1.76. The number of nitrogens with zero attached hydrogens (tertiary/aromatic N) is 3. The van der Waals surface area contributed by atoms with Gasteiger partial charge in [0.25, 0.3) is 5.91 Å². The number of thioether (sulfide) groups is 1. The van der Waals surface area contributed by atoms with Gasteiger partial charge in [0.2, 0.25) is 0 Å². The lowest BCUT2D eigenvalue weighted by atomic mass is 10.1. The van der Waals surface area contributed by atoms with Crippen molar-refractivity contribution in [3.05, 3.63) is 107 Å². The summed E-state index contributed by atoms with van der Waals surface area (Å²) < 4.78 is 11.7. The number of amidine groups is 1. The minimum atomic E-state index is -0.0759. The summed E-state index contributed by atoms with van der Waals surface area (Å²) in [6, 6.07) is 30.6. The Hall–Kier alpha value is -4.07. The van der Waals surface area contributed by atoms with E-state index in [2.05, 4.69) is 47.4 Å². The van der Waals surface area contributed by atoms with Crippen LogP contribution in [0, 0.1) is 0 Å². The van der Waals surface area contributed by atoms with Gasteiger partial charge in [-0.2, -0.15) is 0 Å². The molecular formula is C32H29N3O3S. The number of carbonyl (C=O) groups excluding carboxylic acids is 1. The zero-order valence-corrected chi connectivity index (χ0v) is 22.6. The van der Waals surface area contributed by atoms with Gasteiger partial charge in [0.05, 0.1) is 23.8 Å². The largest absolute Gasteiger partial charge is 0.488 e. The third-order valence-corrected chi connectivity index (χ3v) is 7.93. The van der Waals surface area contributed by atoms with Crippen molar-refractivity contribution in [1.82, 2.24) is 4.90 Å². The number of morpholine rings is 1. The first-order valence-corrected chi connectivity index (χ1v) is 13.8. The Bertz CT molecular complexity index is 1560. The van der Waals surface area contributed by atoms with Gasteiger partial charge in [0, 0.05) is 31.4 Å². The predicted molar refractivity (Wildman–Crippen MR) is 160 cm³/mol. The van der Waals surface area contributed by atoms with E-state index < -0.39 is 0 Å². The van der Waals surface area contributed by atoms with Crippen LogP contribution in [0.25, 0.3) is 16.8 Å². The molecule has 0 aliphatic carbocycles. The summed E-state index contributed by atoms with van der Waals surface area (Å²) in [5.74, 6) is 0.659. The Morgan fingerprint density at radius 2 is 1.67 bits per heavy atom. The van der Waals surface area contributed by atoms with E-state index in [4.69, 9.17) is 14.5 Å². The van der Waals surface area contributed by atoms with Crippen LogP contribution in [0.15, 0.2) is 101 Å². The van der Waals surface area contributed by atoms with Gasteiger partial charge >= 0.3 is 0 Å². The predicted octanol–water partition coefficient (Wildman–Crippen LogP) is 6.49. The molecule has 0 bridgehead atoms. The lowest BCUT2D eigenvalue weighted by Crippen LogP contribution is -2.36. The number of aliphatic imine (C=N–C) groups is 1. The maximum atomic E-state index is 13.1. The van der Waals surface area contributed by atoms with E-state index in [9.17, 15) is 4.79 Å². The summed E-state index contributed by atoms with van der Waals surface area (Å²) in [6.07, 6.45) is 1.89. The molecule has 0 spiro atoms. The molecule has 7 heteroatoms. The summed E-state index contributed by atoms with van der Waals surface area (Å²) in [5.41, 5.74) is 3.93. The number of carbonyl (C=O) groups is 1. The highest BCUT2D eigenvalue weighted by Gasteiger charge is 2.30. The highest BCUT2D eigenvalue weighted by Crippen LogP contribution is 2.35. The third kappa shape index (κ3) is 5.70. The zero-order valence-electron chi connectivity index (χ0n) is 21.7. The average molecular weight is 536 g/mol. The smallest absolute Gasteiger partial charge is 0.266 e. The van der Waals surface area contributed by atoms with Crippen LogP contribution in [0.3, 0.4) is 0 Å². The molecule has 39 heavy (non-hydrogen) atoms. The highest BCUT2D eigenvalue weighted by molar-refractivity contribution is 8.18. The molecule has 2 saturated heterocycles. The van der Waals surface area contributed by atoms with E-state index in [0.717, 1.165) is 54.6 Å². The topological polar surface area (TPSA) is 54.4 Å². The molecule has 4 aromatic rings. The number of hydrogen-bond donors (Lipinski definition) is 0. The second kappa shape index (κ2) is 11.4. The van der Waals surface area contributed by atoms with Crippen LogP contribution in [-0.4, -0.2) is 49.3 Å². The fourth-order valence-corrected chi connectivity index (χ4v) is 5.66.